The fourth-order valence-corrected chi connectivity index (χ4v) is 3.65. The lowest BCUT2D eigenvalue weighted by Crippen LogP contribution is -2.18. The van der Waals surface area contributed by atoms with Crippen molar-refractivity contribution in [3.05, 3.63) is 88.2 Å². The summed E-state index contributed by atoms with van der Waals surface area (Å²) in [5.41, 5.74) is -1.26. The minimum Gasteiger partial charge on any atom is -0.373 e. The highest BCUT2D eigenvalue weighted by atomic mass is 19.3. The van der Waals surface area contributed by atoms with Crippen LogP contribution < -0.4 is 4.94 Å². The SMILES string of the molecule is CC1CCC(c2cc(F)c(-c3cc(F)c(CF)c(F)c3)c(F)c2)OC1.FOc1cc(F)c(F)c(F)c1. The topological polar surface area (TPSA) is 18.5 Å². The third kappa shape index (κ3) is 6.13. The molecule has 0 spiro atoms. The first-order valence-electron chi connectivity index (χ1n) is 10.6. The van der Waals surface area contributed by atoms with Crippen molar-refractivity contribution in [3.8, 4) is 16.9 Å². The Labute approximate surface area is 200 Å². The summed E-state index contributed by atoms with van der Waals surface area (Å²) in [6.45, 7) is 1.21. The van der Waals surface area contributed by atoms with Crippen LogP contribution in [0.15, 0.2) is 36.4 Å². The van der Waals surface area contributed by atoms with Gasteiger partial charge in [-0.15, -0.1) is 0 Å². The zero-order chi connectivity index (χ0) is 26.6. The fourth-order valence-electron chi connectivity index (χ4n) is 3.65. The number of halogens is 9. The second-order valence-electron chi connectivity index (χ2n) is 8.19. The van der Waals surface area contributed by atoms with Gasteiger partial charge in [-0.25, -0.2) is 35.1 Å². The Morgan fingerprint density at radius 1 is 0.778 bits per heavy atom. The second kappa shape index (κ2) is 11.7. The lowest BCUT2D eigenvalue weighted by Gasteiger charge is -2.27. The van der Waals surface area contributed by atoms with Gasteiger partial charge in [0.05, 0.1) is 17.2 Å². The Morgan fingerprint density at radius 3 is 1.78 bits per heavy atom. The summed E-state index contributed by atoms with van der Waals surface area (Å²) in [4.78, 5) is 2.98. The van der Waals surface area contributed by atoms with Crippen molar-refractivity contribution in [3.63, 3.8) is 0 Å². The molecule has 2 nitrogen and oxygen atoms in total. The average Bonchev–Trinajstić information content (AvgIpc) is 2.82. The summed E-state index contributed by atoms with van der Waals surface area (Å²) in [5, 5.41) is 0. The number of hydrogen-bond donors (Lipinski definition) is 0. The largest absolute Gasteiger partial charge is 0.373 e. The number of rotatable bonds is 4. The Bertz CT molecular complexity index is 1160. The van der Waals surface area contributed by atoms with Gasteiger partial charge in [-0.05, 0) is 54.2 Å². The van der Waals surface area contributed by atoms with Crippen LogP contribution in [-0.2, 0) is 11.4 Å². The van der Waals surface area contributed by atoms with Crippen LogP contribution in [0.25, 0.3) is 11.1 Å². The van der Waals surface area contributed by atoms with E-state index in [2.05, 4.69) is 4.94 Å². The molecule has 3 aromatic carbocycles. The monoisotopic (exact) mass is 522 g/mol. The van der Waals surface area contributed by atoms with Crippen molar-refractivity contribution >= 4 is 0 Å². The summed E-state index contributed by atoms with van der Waals surface area (Å²) in [6.07, 6.45) is 1.13. The van der Waals surface area contributed by atoms with E-state index in [9.17, 15) is 39.6 Å². The summed E-state index contributed by atoms with van der Waals surface area (Å²) in [5.74, 6) is -9.17. The molecule has 4 rings (SSSR count). The summed E-state index contributed by atoms with van der Waals surface area (Å²) >= 11 is 0. The molecule has 0 aliphatic carbocycles. The highest BCUT2D eigenvalue weighted by molar-refractivity contribution is 5.66. The molecule has 1 fully saturated rings. The van der Waals surface area contributed by atoms with Gasteiger partial charge in [-0.3, -0.25) is 4.94 Å². The van der Waals surface area contributed by atoms with Gasteiger partial charge in [0.2, 0.25) is 0 Å². The molecule has 36 heavy (non-hydrogen) atoms. The van der Waals surface area contributed by atoms with Crippen LogP contribution in [0.1, 0.15) is 37.0 Å². The highest BCUT2D eigenvalue weighted by Gasteiger charge is 2.24. The van der Waals surface area contributed by atoms with E-state index < -0.39 is 70.4 Å². The molecule has 0 aromatic heterocycles. The standard InChI is InChI=1S/C19H17F5O.C6H2F4O/c1-10-2-3-18(25-9-10)11-4-16(23)19(17(24)5-11)12-6-14(21)13(8-20)15(22)7-12;7-4-1-3(11-10)2-5(8)6(4)9/h4-7,10,18H,2-3,8-9H2,1H3;1-2H. The van der Waals surface area contributed by atoms with Gasteiger partial charge in [0.25, 0.3) is 0 Å². The van der Waals surface area contributed by atoms with E-state index in [1.54, 1.807) is 0 Å². The molecule has 1 aliphatic heterocycles. The third-order valence-electron chi connectivity index (χ3n) is 5.55. The normalized spacial score (nSPS) is 17.4. The van der Waals surface area contributed by atoms with E-state index in [0.29, 0.717) is 36.6 Å². The van der Waals surface area contributed by atoms with E-state index in [1.807, 2.05) is 6.92 Å². The van der Waals surface area contributed by atoms with Gasteiger partial charge < -0.3 is 4.74 Å². The first kappa shape index (κ1) is 27.4. The smallest absolute Gasteiger partial charge is 0.194 e. The highest BCUT2D eigenvalue weighted by Crippen LogP contribution is 2.35. The molecule has 0 N–H and O–H groups in total. The van der Waals surface area contributed by atoms with Crippen molar-refractivity contribution in [1.29, 1.82) is 0 Å². The van der Waals surface area contributed by atoms with Crippen molar-refractivity contribution in [2.24, 2.45) is 5.92 Å². The molecule has 1 heterocycles. The zero-order valence-corrected chi connectivity index (χ0v) is 18.7. The number of ether oxygens (including phenoxy) is 1. The number of benzene rings is 3. The van der Waals surface area contributed by atoms with Gasteiger partial charge in [-0.1, -0.05) is 6.92 Å². The fraction of sp³-hybridized carbons (Fsp3) is 0.280. The predicted molar refractivity (Wildman–Crippen MR) is 112 cm³/mol. The Balaban J connectivity index is 0.000000275. The van der Waals surface area contributed by atoms with Crippen molar-refractivity contribution in [2.45, 2.75) is 32.5 Å². The molecule has 2 unspecified atom stereocenters. The van der Waals surface area contributed by atoms with Crippen LogP contribution in [0.3, 0.4) is 0 Å². The average molecular weight is 522 g/mol. The van der Waals surface area contributed by atoms with Crippen molar-refractivity contribution in [1.82, 2.24) is 0 Å². The number of alkyl halides is 1. The summed E-state index contributed by atoms with van der Waals surface area (Å²) < 4.78 is 122. The quantitative estimate of drug-likeness (QED) is 0.254. The van der Waals surface area contributed by atoms with Crippen molar-refractivity contribution < 1.29 is 49.3 Å². The minimum atomic E-state index is -1.65. The molecule has 0 amide bonds. The summed E-state index contributed by atoms with van der Waals surface area (Å²) in [7, 11) is 0. The van der Waals surface area contributed by atoms with E-state index in [1.165, 1.54) is 0 Å². The molecule has 3 aromatic rings. The Hall–Kier alpha value is -3.21. The lowest BCUT2D eigenvalue weighted by atomic mass is 9.93. The maximum absolute atomic E-state index is 14.5. The van der Waals surface area contributed by atoms with Gasteiger partial charge in [0, 0.05) is 23.3 Å². The first-order valence-corrected chi connectivity index (χ1v) is 10.6. The first-order chi connectivity index (χ1) is 17.0. The van der Waals surface area contributed by atoms with Crippen LogP contribution in [-0.4, -0.2) is 6.61 Å². The maximum atomic E-state index is 14.5. The van der Waals surface area contributed by atoms with Crippen LogP contribution in [0.5, 0.6) is 5.75 Å². The van der Waals surface area contributed by atoms with E-state index in [0.717, 1.165) is 30.7 Å². The maximum Gasteiger partial charge on any atom is 0.194 e. The molecule has 0 bridgehead atoms. The molecular formula is C25H19F9O2. The molecule has 0 radical (unpaired) electrons. The molecule has 11 heteroatoms. The molecular weight excluding hydrogens is 503 g/mol. The predicted octanol–water partition coefficient (Wildman–Crippen LogP) is 8.23. The Morgan fingerprint density at radius 2 is 1.33 bits per heavy atom. The van der Waals surface area contributed by atoms with E-state index >= 15 is 0 Å². The summed E-state index contributed by atoms with van der Waals surface area (Å²) in [6, 6.07) is 4.52. The van der Waals surface area contributed by atoms with Crippen LogP contribution in [0, 0.1) is 46.6 Å². The third-order valence-corrected chi connectivity index (χ3v) is 5.55. The zero-order valence-electron chi connectivity index (χ0n) is 18.7. The molecule has 1 saturated heterocycles. The minimum absolute atomic E-state index is 0.313. The molecule has 1 aliphatic rings. The van der Waals surface area contributed by atoms with Crippen molar-refractivity contribution in [2.75, 3.05) is 6.61 Å². The second-order valence-corrected chi connectivity index (χ2v) is 8.19. The van der Waals surface area contributed by atoms with Gasteiger partial charge in [-0.2, -0.15) is 0 Å². The van der Waals surface area contributed by atoms with Crippen LogP contribution in [0.2, 0.25) is 0 Å². The van der Waals surface area contributed by atoms with E-state index in [4.69, 9.17) is 4.74 Å². The van der Waals surface area contributed by atoms with Crippen LogP contribution in [0.4, 0.5) is 39.6 Å². The molecule has 2 atom stereocenters. The number of hydrogen-bond acceptors (Lipinski definition) is 2. The molecule has 0 saturated carbocycles. The molecule has 194 valence electrons. The van der Waals surface area contributed by atoms with Crippen LogP contribution >= 0.6 is 0 Å². The van der Waals surface area contributed by atoms with Gasteiger partial charge in [0.1, 0.15) is 29.9 Å². The van der Waals surface area contributed by atoms with Gasteiger partial charge in [0.15, 0.2) is 23.2 Å². The van der Waals surface area contributed by atoms with E-state index in [-0.39, 0.29) is 5.56 Å². The lowest BCUT2D eigenvalue weighted by molar-refractivity contribution is -0.0126. The Kier molecular flexibility index (Phi) is 8.89. The van der Waals surface area contributed by atoms with Gasteiger partial charge >= 0.3 is 0 Å².